The Morgan fingerprint density at radius 2 is 1.88 bits per heavy atom. The molecule has 0 spiro atoms. The smallest absolute Gasteiger partial charge is 0.230 e. The van der Waals surface area contributed by atoms with E-state index in [0.717, 1.165) is 23.4 Å². The zero-order chi connectivity index (χ0) is 22.3. The molecule has 0 bridgehead atoms. The molecule has 1 aromatic carbocycles. The SMILES string of the molecule is CCOc1ccc(-n2c(SCC(=O)NC3CCCCC3C)nnc2-c2ccncc2)cc1. The lowest BCUT2D eigenvalue weighted by Gasteiger charge is -2.29. The molecule has 1 aliphatic rings. The summed E-state index contributed by atoms with van der Waals surface area (Å²) >= 11 is 1.40. The third kappa shape index (κ3) is 5.30. The van der Waals surface area contributed by atoms with Gasteiger partial charge >= 0.3 is 0 Å². The van der Waals surface area contributed by atoms with Crippen LogP contribution in [0, 0.1) is 5.92 Å². The Balaban J connectivity index is 1.55. The van der Waals surface area contributed by atoms with Crippen molar-refractivity contribution in [2.24, 2.45) is 5.92 Å². The van der Waals surface area contributed by atoms with Crippen LogP contribution in [0.4, 0.5) is 0 Å². The highest BCUT2D eigenvalue weighted by atomic mass is 32.2. The Labute approximate surface area is 193 Å². The molecule has 0 aliphatic heterocycles. The number of amides is 1. The van der Waals surface area contributed by atoms with Crippen LogP contribution in [0.3, 0.4) is 0 Å². The van der Waals surface area contributed by atoms with Gasteiger partial charge in [0.05, 0.1) is 12.4 Å². The van der Waals surface area contributed by atoms with Crippen LogP contribution < -0.4 is 10.1 Å². The van der Waals surface area contributed by atoms with E-state index in [-0.39, 0.29) is 11.9 Å². The van der Waals surface area contributed by atoms with Crippen LogP contribution in [0.2, 0.25) is 0 Å². The van der Waals surface area contributed by atoms with Crippen molar-refractivity contribution in [2.75, 3.05) is 12.4 Å². The van der Waals surface area contributed by atoms with Crippen molar-refractivity contribution in [3.63, 3.8) is 0 Å². The molecule has 32 heavy (non-hydrogen) atoms. The summed E-state index contributed by atoms with van der Waals surface area (Å²) in [4.78, 5) is 16.8. The predicted octanol–water partition coefficient (Wildman–Crippen LogP) is 4.52. The highest BCUT2D eigenvalue weighted by Crippen LogP contribution is 2.29. The van der Waals surface area contributed by atoms with Gasteiger partial charge in [-0.1, -0.05) is 31.5 Å². The minimum atomic E-state index is 0.0421. The molecule has 1 amide bonds. The number of carbonyl (C=O) groups is 1. The Kier molecular flexibility index (Phi) is 7.42. The summed E-state index contributed by atoms with van der Waals surface area (Å²) in [6.45, 7) is 4.80. The van der Waals surface area contributed by atoms with Crippen LogP contribution in [-0.2, 0) is 4.79 Å². The molecule has 2 heterocycles. The molecule has 2 aromatic heterocycles. The second-order valence-corrected chi connectivity index (χ2v) is 8.97. The molecule has 8 heteroatoms. The van der Waals surface area contributed by atoms with Gasteiger partial charge in [0.2, 0.25) is 5.91 Å². The number of aromatic nitrogens is 4. The highest BCUT2D eigenvalue weighted by Gasteiger charge is 2.23. The fourth-order valence-corrected chi connectivity index (χ4v) is 4.81. The zero-order valence-corrected chi connectivity index (χ0v) is 19.3. The second-order valence-electron chi connectivity index (χ2n) is 8.03. The van der Waals surface area contributed by atoms with E-state index in [2.05, 4.69) is 27.4 Å². The molecule has 168 valence electrons. The van der Waals surface area contributed by atoms with Crippen LogP contribution in [0.1, 0.15) is 39.5 Å². The number of benzene rings is 1. The van der Waals surface area contributed by atoms with Crippen molar-refractivity contribution in [3.8, 4) is 22.8 Å². The lowest BCUT2D eigenvalue weighted by Crippen LogP contribution is -2.41. The van der Waals surface area contributed by atoms with Gasteiger partial charge in [0.15, 0.2) is 11.0 Å². The van der Waals surface area contributed by atoms with Gasteiger partial charge < -0.3 is 10.1 Å². The van der Waals surface area contributed by atoms with E-state index in [1.807, 2.05) is 47.9 Å². The van der Waals surface area contributed by atoms with Gasteiger partial charge in [-0.15, -0.1) is 10.2 Å². The number of nitrogens with zero attached hydrogens (tertiary/aromatic N) is 4. The molecule has 1 fully saturated rings. The number of nitrogens with one attached hydrogen (secondary N) is 1. The predicted molar refractivity (Wildman–Crippen MR) is 126 cm³/mol. The van der Waals surface area contributed by atoms with Crippen LogP contribution >= 0.6 is 11.8 Å². The zero-order valence-electron chi connectivity index (χ0n) is 18.5. The first-order valence-electron chi connectivity index (χ1n) is 11.2. The standard InChI is InChI=1S/C24H29N5O2S/c1-3-31-20-10-8-19(9-11-20)29-23(18-12-14-25-15-13-18)27-28-24(29)32-16-22(30)26-21-7-5-4-6-17(21)2/h8-15,17,21H,3-7,16H2,1-2H3,(H,26,30). The molecular formula is C24H29N5O2S. The van der Waals surface area contributed by atoms with Crippen molar-refractivity contribution < 1.29 is 9.53 Å². The van der Waals surface area contributed by atoms with Crippen LogP contribution in [0.25, 0.3) is 17.1 Å². The van der Waals surface area contributed by atoms with Gasteiger partial charge in [-0.3, -0.25) is 14.3 Å². The molecule has 1 N–H and O–H groups in total. The molecule has 7 nitrogen and oxygen atoms in total. The van der Waals surface area contributed by atoms with Crippen molar-refractivity contribution in [1.82, 2.24) is 25.1 Å². The van der Waals surface area contributed by atoms with Crippen LogP contribution in [0.15, 0.2) is 53.9 Å². The summed E-state index contributed by atoms with van der Waals surface area (Å²) in [6, 6.07) is 11.9. The molecule has 4 rings (SSSR count). The van der Waals surface area contributed by atoms with Crippen molar-refractivity contribution >= 4 is 17.7 Å². The largest absolute Gasteiger partial charge is 0.494 e. The van der Waals surface area contributed by atoms with Crippen molar-refractivity contribution in [2.45, 2.75) is 50.7 Å². The van der Waals surface area contributed by atoms with Crippen molar-refractivity contribution in [1.29, 1.82) is 0 Å². The summed E-state index contributed by atoms with van der Waals surface area (Å²) in [5.41, 5.74) is 1.82. The van der Waals surface area contributed by atoms with E-state index in [1.165, 1.54) is 31.0 Å². The number of hydrogen-bond acceptors (Lipinski definition) is 6. The molecule has 1 aliphatic carbocycles. The normalized spacial score (nSPS) is 18.3. The molecule has 3 aromatic rings. The second kappa shape index (κ2) is 10.6. The molecule has 2 atom stereocenters. The van der Waals surface area contributed by atoms with E-state index in [0.29, 0.717) is 29.3 Å². The maximum atomic E-state index is 12.7. The number of pyridine rings is 1. The van der Waals surface area contributed by atoms with Gasteiger partial charge in [-0.05, 0) is 62.1 Å². The first kappa shape index (κ1) is 22.3. The van der Waals surface area contributed by atoms with E-state index >= 15 is 0 Å². The van der Waals surface area contributed by atoms with Crippen LogP contribution in [-0.4, -0.2) is 44.1 Å². The average Bonchev–Trinajstić information content (AvgIpc) is 3.24. The summed E-state index contributed by atoms with van der Waals surface area (Å²) < 4.78 is 7.55. The summed E-state index contributed by atoms with van der Waals surface area (Å²) in [5, 5.41) is 12.7. The van der Waals surface area contributed by atoms with Gasteiger partial charge in [-0.25, -0.2) is 0 Å². The van der Waals surface area contributed by atoms with Gasteiger partial charge in [0, 0.05) is 29.7 Å². The lowest BCUT2D eigenvalue weighted by atomic mass is 9.86. The van der Waals surface area contributed by atoms with E-state index < -0.39 is 0 Å². The van der Waals surface area contributed by atoms with Crippen LogP contribution in [0.5, 0.6) is 5.75 Å². The lowest BCUT2D eigenvalue weighted by molar-refractivity contribution is -0.119. The Hall–Kier alpha value is -2.87. The number of ether oxygens (including phenoxy) is 1. The monoisotopic (exact) mass is 451 g/mol. The number of rotatable bonds is 8. The number of thioether (sulfide) groups is 1. The van der Waals surface area contributed by atoms with E-state index in [4.69, 9.17) is 4.74 Å². The molecule has 1 saturated carbocycles. The quantitative estimate of drug-likeness (QED) is 0.507. The van der Waals surface area contributed by atoms with Gasteiger partial charge in [0.25, 0.3) is 0 Å². The minimum absolute atomic E-state index is 0.0421. The topological polar surface area (TPSA) is 81.9 Å². The summed E-state index contributed by atoms with van der Waals surface area (Å²) in [5.74, 6) is 2.39. The fraction of sp³-hybridized carbons (Fsp3) is 0.417. The fourth-order valence-electron chi connectivity index (χ4n) is 4.05. The maximum Gasteiger partial charge on any atom is 0.230 e. The summed E-state index contributed by atoms with van der Waals surface area (Å²) in [6.07, 6.45) is 8.15. The third-order valence-corrected chi connectivity index (χ3v) is 6.70. The van der Waals surface area contributed by atoms with Gasteiger partial charge in [-0.2, -0.15) is 0 Å². The number of carbonyl (C=O) groups excluding carboxylic acids is 1. The average molecular weight is 452 g/mol. The van der Waals surface area contributed by atoms with E-state index in [9.17, 15) is 4.79 Å². The maximum absolute atomic E-state index is 12.7. The van der Waals surface area contributed by atoms with Crippen molar-refractivity contribution in [3.05, 3.63) is 48.8 Å². The molecule has 0 saturated heterocycles. The molecule has 2 unspecified atom stereocenters. The van der Waals surface area contributed by atoms with Gasteiger partial charge in [0.1, 0.15) is 5.75 Å². The molecular weight excluding hydrogens is 422 g/mol. The number of hydrogen-bond donors (Lipinski definition) is 1. The molecule has 0 radical (unpaired) electrons. The Morgan fingerprint density at radius 3 is 2.59 bits per heavy atom. The Bertz CT molecular complexity index is 1020. The summed E-state index contributed by atoms with van der Waals surface area (Å²) in [7, 11) is 0. The minimum Gasteiger partial charge on any atom is -0.494 e. The first-order chi connectivity index (χ1) is 15.7. The van der Waals surface area contributed by atoms with E-state index in [1.54, 1.807) is 12.4 Å². The first-order valence-corrected chi connectivity index (χ1v) is 12.2. The highest BCUT2D eigenvalue weighted by molar-refractivity contribution is 7.99. The third-order valence-electron chi connectivity index (χ3n) is 5.77. The Morgan fingerprint density at radius 1 is 1.12 bits per heavy atom.